The van der Waals surface area contributed by atoms with Gasteiger partial charge in [-0.15, -0.1) is 0 Å². The molecule has 0 atom stereocenters. The molecule has 0 fully saturated rings. The van der Waals surface area contributed by atoms with Gasteiger partial charge in [-0.25, -0.2) is 0 Å². The second kappa shape index (κ2) is 11.6. The van der Waals surface area contributed by atoms with Gasteiger partial charge in [-0.1, -0.05) is 30.3 Å². The molecule has 0 spiro atoms. The Kier molecular flexibility index (Phi) is 11.3. The van der Waals surface area contributed by atoms with Gasteiger partial charge in [-0.2, -0.15) is 5.26 Å². The molecule has 0 saturated heterocycles. The van der Waals surface area contributed by atoms with Crippen LogP contribution in [0.4, 0.5) is 0 Å². The summed E-state index contributed by atoms with van der Waals surface area (Å²) in [7, 11) is 0. The summed E-state index contributed by atoms with van der Waals surface area (Å²) >= 11 is 0. The number of carbonyl (C=O) groups excluding carboxylic acids is 1. The fraction of sp³-hybridized carbons (Fsp3) is 0.167. The number of hydrogen-bond acceptors (Lipinski definition) is 4. The standard InChI is InChI=1S/C9H7NO.C2H4O2.CH5N3/c10-7-6-9(11)8-4-2-1-3-5-8;1-2(3)4;2-1(3)4/h1-5H,6H2;1H3,(H,3,4);(H5,2,3,4). The first-order chi connectivity index (χ1) is 8.81. The van der Waals surface area contributed by atoms with Crippen LogP contribution in [0.5, 0.6) is 0 Å². The molecule has 1 aromatic carbocycles. The highest BCUT2D eigenvalue weighted by molar-refractivity contribution is 5.97. The molecule has 102 valence electrons. The van der Waals surface area contributed by atoms with Crippen molar-refractivity contribution in [3.8, 4) is 6.07 Å². The van der Waals surface area contributed by atoms with Crippen molar-refractivity contribution >= 4 is 17.7 Å². The number of aliphatic carboxylic acids is 1. The molecule has 0 aliphatic rings. The van der Waals surface area contributed by atoms with Crippen molar-refractivity contribution in [1.29, 1.82) is 10.7 Å². The molecule has 0 amide bonds. The van der Waals surface area contributed by atoms with Gasteiger partial charge >= 0.3 is 0 Å². The van der Waals surface area contributed by atoms with Crippen LogP contribution in [0.2, 0.25) is 0 Å². The Morgan fingerprint density at radius 3 is 2.00 bits per heavy atom. The molecule has 0 radical (unpaired) electrons. The van der Waals surface area contributed by atoms with Crippen LogP contribution >= 0.6 is 0 Å². The molecule has 19 heavy (non-hydrogen) atoms. The summed E-state index contributed by atoms with van der Waals surface area (Å²) < 4.78 is 0. The molecule has 7 heteroatoms. The monoisotopic (exact) mass is 264 g/mol. The number of nitrogens with one attached hydrogen (secondary N) is 1. The quantitative estimate of drug-likeness (QED) is 0.350. The average molecular weight is 264 g/mol. The van der Waals surface area contributed by atoms with E-state index in [1.807, 2.05) is 12.1 Å². The lowest BCUT2D eigenvalue weighted by Gasteiger charge is -1.92. The van der Waals surface area contributed by atoms with Crippen molar-refractivity contribution < 1.29 is 14.7 Å². The van der Waals surface area contributed by atoms with Crippen LogP contribution < -0.4 is 11.5 Å². The van der Waals surface area contributed by atoms with E-state index < -0.39 is 5.97 Å². The maximum absolute atomic E-state index is 11.0. The molecule has 6 N–H and O–H groups in total. The van der Waals surface area contributed by atoms with Gasteiger partial charge in [-0.3, -0.25) is 15.0 Å². The summed E-state index contributed by atoms with van der Waals surface area (Å²) in [5.74, 6) is -1.28. The predicted molar refractivity (Wildman–Crippen MR) is 70.4 cm³/mol. The van der Waals surface area contributed by atoms with Crippen molar-refractivity contribution in [2.75, 3.05) is 0 Å². The lowest BCUT2D eigenvalue weighted by Crippen LogP contribution is -2.20. The molecule has 0 aliphatic heterocycles. The Labute approximate surface area is 111 Å². The van der Waals surface area contributed by atoms with E-state index in [1.54, 1.807) is 24.3 Å². The van der Waals surface area contributed by atoms with Gasteiger partial charge in [0.25, 0.3) is 5.97 Å². The minimum absolute atomic E-state index is 0.0377. The number of benzene rings is 1. The third-order valence-electron chi connectivity index (χ3n) is 1.34. The van der Waals surface area contributed by atoms with E-state index in [4.69, 9.17) is 20.6 Å². The van der Waals surface area contributed by atoms with Crippen LogP contribution in [-0.2, 0) is 4.79 Å². The highest BCUT2D eigenvalue weighted by Crippen LogP contribution is 2.01. The number of nitrogens with zero attached hydrogens (tertiary/aromatic N) is 1. The fourth-order valence-electron chi connectivity index (χ4n) is 0.798. The smallest absolute Gasteiger partial charge is 0.300 e. The SMILES string of the molecule is CC(=O)O.N#CCC(=O)c1ccccc1.N=C(N)N. The summed E-state index contributed by atoms with van der Waals surface area (Å²) in [6.07, 6.45) is -0.0377. The number of guanidine groups is 1. The van der Waals surface area contributed by atoms with Crippen LogP contribution in [0.1, 0.15) is 23.7 Å². The highest BCUT2D eigenvalue weighted by atomic mass is 16.4. The zero-order valence-corrected chi connectivity index (χ0v) is 10.5. The van der Waals surface area contributed by atoms with Crippen LogP contribution in [0.25, 0.3) is 0 Å². The fourth-order valence-corrected chi connectivity index (χ4v) is 0.798. The molecule has 0 aromatic heterocycles. The van der Waals surface area contributed by atoms with Crippen molar-refractivity contribution in [3.05, 3.63) is 35.9 Å². The first-order valence-electron chi connectivity index (χ1n) is 5.05. The highest BCUT2D eigenvalue weighted by Gasteiger charge is 2.01. The van der Waals surface area contributed by atoms with Crippen LogP contribution in [0.3, 0.4) is 0 Å². The molecule has 0 heterocycles. The third-order valence-corrected chi connectivity index (χ3v) is 1.34. The van der Waals surface area contributed by atoms with Gasteiger partial charge in [0.1, 0.15) is 0 Å². The molecule has 0 bridgehead atoms. The zero-order valence-electron chi connectivity index (χ0n) is 10.5. The number of nitriles is 1. The zero-order chi connectivity index (χ0) is 15.3. The second-order valence-corrected chi connectivity index (χ2v) is 3.10. The first kappa shape index (κ1) is 18.5. The third kappa shape index (κ3) is 17.7. The van der Waals surface area contributed by atoms with Gasteiger partial charge in [0.05, 0.1) is 12.5 Å². The Morgan fingerprint density at radius 2 is 1.68 bits per heavy atom. The summed E-state index contributed by atoms with van der Waals surface area (Å²) in [6, 6.07) is 10.6. The maximum atomic E-state index is 11.0. The molecule has 1 aromatic rings. The van der Waals surface area contributed by atoms with E-state index in [0.29, 0.717) is 5.56 Å². The minimum Gasteiger partial charge on any atom is -0.481 e. The van der Waals surface area contributed by atoms with Gasteiger partial charge in [0.15, 0.2) is 11.7 Å². The van der Waals surface area contributed by atoms with Crippen LogP contribution in [-0.4, -0.2) is 22.8 Å². The topological polar surface area (TPSA) is 154 Å². The number of nitrogens with two attached hydrogens (primary N) is 2. The maximum Gasteiger partial charge on any atom is 0.300 e. The molecule has 0 unspecified atom stereocenters. The number of carbonyl (C=O) groups is 2. The largest absolute Gasteiger partial charge is 0.481 e. The van der Waals surface area contributed by atoms with Gasteiger partial charge < -0.3 is 16.6 Å². The van der Waals surface area contributed by atoms with Crippen LogP contribution in [0, 0.1) is 16.7 Å². The Morgan fingerprint density at radius 1 is 1.32 bits per heavy atom. The van der Waals surface area contributed by atoms with Crippen molar-refractivity contribution in [3.63, 3.8) is 0 Å². The Bertz CT molecular complexity index is 432. The van der Waals surface area contributed by atoms with Gasteiger partial charge in [0.2, 0.25) is 0 Å². The average Bonchev–Trinajstić information content (AvgIpc) is 2.29. The van der Waals surface area contributed by atoms with E-state index >= 15 is 0 Å². The molecular formula is C12H16N4O3. The van der Waals surface area contributed by atoms with Crippen molar-refractivity contribution in [2.45, 2.75) is 13.3 Å². The second-order valence-electron chi connectivity index (χ2n) is 3.10. The summed E-state index contributed by atoms with van der Waals surface area (Å²) in [4.78, 5) is 20.0. The molecule has 7 nitrogen and oxygen atoms in total. The number of carboxylic acid groups (broad SMARTS) is 1. The lowest BCUT2D eigenvalue weighted by atomic mass is 10.1. The normalized spacial score (nSPS) is 7.58. The van der Waals surface area contributed by atoms with E-state index in [1.165, 1.54) is 0 Å². The van der Waals surface area contributed by atoms with Crippen molar-refractivity contribution in [1.82, 2.24) is 0 Å². The number of ketones is 1. The predicted octanol–water partition coefficient (Wildman–Crippen LogP) is 0.712. The van der Waals surface area contributed by atoms with Crippen molar-refractivity contribution in [2.24, 2.45) is 11.5 Å². The number of carboxylic acids is 1. The van der Waals surface area contributed by atoms with E-state index in [0.717, 1.165) is 6.92 Å². The number of hydrogen-bond donors (Lipinski definition) is 4. The summed E-state index contributed by atoms with van der Waals surface area (Å²) in [5.41, 5.74) is 9.55. The Hall–Kier alpha value is -2.88. The van der Waals surface area contributed by atoms with E-state index in [9.17, 15) is 4.79 Å². The number of Topliss-reactive ketones (excluding diaryl/α,β-unsaturated/α-hetero) is 1. The Balaban J connectivity index is 0. The molecule has 0 saturated carbocycles. The van der Waals surface area contributed by atoms with Gasteiger partial charge in [0, 0.05) is 12.5 Å². The molecular weight excluding hydrogens is 248 g/mol. The number of rotatable bonds is 2. The first-order valence-corrected chi connectivity index (χ1v) is 5.05. The minimum atomic E-state index is -0.833. The van der Waals surface area contributed by atoms with E-state index in [-0.39, 0.29) is 18.2 Å². The summed E-state index contributed by atoms with van der Waals surface area (Å²) in [5, 5.41) is 21.7. The molecule has 0 aliphatic carbocycles. The van der Waals surface area contributed by atoms with E-state index in [2.05, 4.69) is 11.5 Å². The lowest BCUT2D eigenvalue weighted by molar-refractivity contribution is -0.134. The summed E-state index contributed by atoms with van der Waals surface area (Å²) in [6.45, 7) is 1.08. The van der Waals surface area contributed by atoms with Crippen LogP contribution in [0.15, 0.2) is 30.3 Å². The molecule has 1 rings (SSSR count). The van der Waals surface area contributed by atoms with Gasteiger partial charge in [-0.05, 0) is 0 Å².